The zero-order chi connectivity index (χ0) is 15.3. The maximum absolute atomic E-state index is 12.5. The van der Waals surface area contributed by atoms with Gasteiger partial charge in [0.2, 0.25) is 0 Å². The highest BCUT2D eigenvalue weighted by Gasteiger charge is 2.33. The second-order valence-electron chi connectivity index (χ2n) is 3.50. The van der Waals surface area contributed by atoms with Gasteiger partial charge >= 0.3 is 12.1 Å². The lowest BCUT2D eigenvalue weighted by molar-refractivity contribution is -0.141. The highest BCUT2D eigenvalue weighted by atomic mass is 19.4. The van der Waals surface area contributed by atoms with Gasteiger partial charge in [0, 0.05) is 7.11 Å². The normalized spacial score (nSPS) is 11.0. The van der Waals surface area contributed by atoms with Gasteiger partial charge in [-0.3, -0.25) is 15.6 Å². The largest absolute Gasteiger partial charge is 0.478 e. The zero-order valence-electron chi connectivity index (χ0n) is 10.1. The molecule has 110 valence electrons. The lowest BCUT2D eigenvalue weighted by Gasteiger charge is -2.12. The number of aromatic nitrogens is 1. The molecule has 1 amide bonds. The highest BCUT2D eigenvalue weighted by Crippen LogP contribution is 2.29. The molecule has 10 heteroatoms. The smallest absolute Gasteiger partial charge is 0.433 e. The van der Waals surface area contributed by atoms with Gasteiger partial charge in [0.15, 0.2) is 5.82 Å². The van der Waals surface area contributed by atoms with Gasteiger partial charge in [-0.15, -0.1) is 0 Å². The van der Waals surface area contributed by atoms with Gasteiger partial charge in [-0.1, -0.05) is 0 Å². The van der Waals surface area contributed by atoms with E-state index in [2.05, 4.69) is 9.72 Å². The number of hydrogen-bond donors (Lipinski definition) is 3. The maximum atomic E-state index is 12.5. The first kappa shape index (κ1) is 15.7. The number of carboxylic acids is 1. The Kier molecular flexibility index (Phi) is 4.86. The molecule has 0 bridgehead atoms. The molecule has 0 saturated carbocycles. The van der Waals surface area contributed by atoms with Gasteiger partial charge in [-0.05, 0) is 12.1 Å². The zero-order valence-corrected chi connectivity index (χ0v) is 10.1. The quantitative estimate of drug-likeness (QED) is 0.697. The minimum absolute atomic E-state index is 0.353. The Balaban J connectivity index is 3.01. The lowest BCUT2D eigenvalue weighted by atomic mass is 10.2. The van der Waals surface area contributed by atoms with Gasteiger partial charge in [0.25, 0.3) is 5.91 Å². The van der Waals surface area contributed by atoms with Crippen molar-refractivity contribution in [1.29, 1.82) is 0 Å². The molecule has 0 spiro atoms. The SMILES string of the molecule is COCC(=O)NNc1nc(C(F)(F)F)ccc1C(=O)O. The van der Waals surface area contributed by atoms with Gasteiger partial charge < -0.3 is 9.84 Å². The Labute approximate surface area is 110 Å². The number of hydrogen-bond acceptors (Lipinski definition) is 5. The van der Waals surface area contributed by atoms with E-state index in [1.165, 1.54) is 7.11 Å². The van der Waals surface area contributed by atoms with Crippen LogP contribution in [0.1, 0.15) is 16.1 Å². The minimum atomic E-state index is -4.73. The number of rotatable bonds is 5. The number of nitrogens with zero attached hydrogens (tertiary/aromatic N) is 1. The van der Waals surface area contributed by atoms with Crippen LogP contribution in [0.4, 0.5) is 19.0 Å². The van der Waals surface area contributed by atoms with Crippen LogP contribution in [0.25, 0.3) is 0 Å². The molecule has 7 nitrogen and oxygen atoms in total. The van der Waals surface area contributed by atoms with Crippen molar-refractivity contribution < 1.29 is 32.6 Å². The Morgan fingerprint density at radius 3 is 2.55 bits per heavy atom. The Bertz CT molecular complexity index is 519. The van der Waals surface area contributed by atoms with Crippen molar-refractivity contribution >= 4 is 17.7 Å². The van der Waals surface area contributed by atoms with E-state index < -0.39 is 35.1 Å². The molecule has 3 N–H and O–H groups in total. The summed E-state index contributed by atoms with van der Waals surface area (Å²) >= 11 is 0. The number of carbonyl (C=O) groups excluding carboxylic acids is 1. The van der Waals surface area contributed by atoms with Crippen LogP contribution in [-0.2, 0) is 15.7 Å². The van der Waals surface area contributed by atoms with Crippen molar-refractivity contribution in [1.82, 2.24) is 10.4 Å². The van der Waals surface area contributed by atoms with E-state index in [9.17, 15) is 22.8 Å². The number of hydrazine groups is 1. The first-order valence-corrected chi connectivity index (χ1v) is 5.11. The Hall–Kier alpha value is -2.36. The predicted octanol–water partition coefficient (Wildman–Crippen LogP) is 0.888. The molecule has 1 rings (SSSR count). The number of methoxy groups -OCH3 is 1. The average molecular weight is 293 g/mol. The molecule has 0 aliphatic rings. The number of halogens is 3. The van der Waals surface area contributed by atoms with E-state index in [1.807, 2.05) is 10.9 Å². The summed E-state index contributed by atoms with van der Waals surface area (Å²) in [6.07, 6.45) is -4.73. The number of alkyl halides is 3. The number of aromatic carboxylic acids is 1. The molecular weight excluding hydrogens is 283 g/mol. The van der Waals surface area contributed by atoms with Crippen LogP contribution in [0, 0.1) is 0 Å². The van der Waals surface area contributed by atoms with Crippen LogP contribution in [0.15, 0.2) is 12.1 Å². The summed E-state index contributed by atoms with van der Waals surface area (Å²) in [5, 5.41) is 8.83. The van der Waals surface area contributed by atoms with Crippen LogP contribution in [0.3, 0.4) is 0 Å². The number of pyridine rings is 1. The van der Waals surface area contributed by atoms with E-state index >= 15 is 0 Å². The van der Waals surface area contributed by atoms with Gasteiger partial charge in [0.1, 0.15) is 17.9 Å². The first-order chi connectivity index (χ1) is 9.25. The van der Waals surface area contributed by atoms with Crippen molar-refractivity contribution in [2.45, 2.75) is 6.18 Å². The fourth-order valence-electron chi connectivity index (χ4n) is 1.18. The summed E-state index contributed by atoms with van der Waals surface area (Å²) in [7, 11) is 1.24. The first-order valence-electron chi connectivity index (χ1n) is 5.11. The molecule has 0 atom stereocenters. The molecule has 0 aliphatic carbocycles. The average Bonchev–Trinajstić information content (AvgIpc) is 2.35. The van der Waals surface area contributed by atoms with E-state index in [1.54, 1.807) is 0 Å². The lowest BCUT2D eigenvalue weighted by Crippen LogP contribution is -2.33. The summed E-state index contributed by atoms with van der Waals surface area (Å²) in [6.45, 7) is -0.353. The standard InChI is InChI=1S/C10H10F3N3O4/c1-20-4-7(17)15-16-8-5(9(18)19)2-3-6(14-8)10(11,12)13/h2-3H,4H2,1H3,(H,14,16)(H,15,17)(H,18,19). The summed E-state index contributed by atoms with van der Waals surface area (Å²) in [5.41, 5.74) is 2.18. The second kappa shape index (κ2) is 6.19. The van der Waals surface area contributed by atoms with Gasteiger partial charge in [-0.25, -0.2) is 9.78 Å². The number of carbonyl (C=O) groups is 2. The van der Waals surface area contributed by atoms with E-state index in [-0.39, 0.29) is 6.61 Å². The Morgan fingerprint density at radius 2 is 2.05 bits per heavy atom. The molecule has 20 heavy (non-hydrogen) atoms. The summed E-state index contributed by atoms with van der Waals surface area (Å²) in [4.78, 5) is 25.1. The van der Waals surface area contributed by atoms with Crippen LogP contribution >= 0.6 is 0 Å². The fraction of sp³-hybridized carbons (Fsp3) is 0.300. The van der Waals surface area contributed by atoms with E-state index in [0.717, 1.165) is 6.07 Å². The van der Waals surface area contributed by atoms with Crippen LogP contribution in [-0.4, -0.2) is 35.7 Å². The molecule has 1 aromatic heterocycles. The molecule has 0 saturated heterocycles. The highest BCUT2D eigenvalue weighted by molar-refractivity contribution is 5.93. The number of anilines is 1. The number of amides is 1. The molecule has 0 unspecified atom stereocenters. The predicted molar refractivity (Wildman–Crippen MR) is 59.8 cm³/mol. The molecule has 0 fully saturated rings. The molecular formula is C10H10F3N3O4. The van der Waals surface area contributed by atoms with Crippen molar-refractivity contribution in [2.24, 2.45) is 0 Å². The van der Waals surface area contributed by atoms with E-state index in [0.29, 0.717) is 6.07 Å². The number of carboxylic acid groups (broad SMARTS) is 1. The van der Waals surface area contributed by atoms with Crippen LogP contribution < -0.4 is 10.9 Å². The van der Waals surface area contributed by atoms with Crippen molar-refractivity contribution in [3.8, 4) is 0 Å². The molecule has 1 aromatic rings. The van der Waals surface area contributed by atoms with Crippen molar-refractivity contribution in [2.75, 3.05) is 19.1 Å². The van der Waals surface area contributed by atoms with Crippen LogP contribution in [0.5, 0.6) is 0 Å². The summed E-state index contributed by atoms with van der Waals surface area (Å²) < 4.78 is 41.9. The molecule has 0 radical (unpaired) electrons. The van der Waals surface area contributed by atoms with Gasteiger partial charge in [-0.2, -0.15) is 13.2 Å². The molecule has 0 aromatic carbocycles. The summed E-state index contributed by atoms with van der Waals surface area (Å²) in [6, 6.07) is 1.27. The third-order valence-electron chi connectivity index (χ3n) is 2.01. The van der Waals surface area contributed by atoms with E-state index in [4.69, 9.17) is 5.11 Å². The minimum Gasteiger partial charge on any atom is -0.478 e. The molecule has 1 heterocycles. The molecule has 0 aliphatic heterocycles. The third kappa shape index (κ3) is 4.09. The van der Waals surface area contributed by atoms with Gasteiger partial charge in [0.05, 0.1) is 0 Å². The fourth-order valence-corrected chi connectivity index (χ4v) is 1.18. The monoisotopic (exact) mass is 293 g/mol. The maximum Gasteiger partial charge on any atom is 0.433 e. The Morgan fingerprint density at radius 1 is 1.40 bits per heavy atom. The third-order valence-corrected chi connectivity index (χ3v) is 2.01. The number of nitrogens with one attached hydrogen (secondary N) is 2. The van der Waals surface area contributed by atoms with Crippen molar-refractivity contribution in [3.63, 3.8) is 0 Å². The summed E-state index contributed by atoms with van der Waals surface area (Å²) in [5.74, 6) is -2.82. The topological polar surface area (TPSA) is 101 Å². The number of ether oxygens (including phenoxy) is 1. The van der Waals surface area contributed by atoms with Crippen LogP contribution in [0.2, 0.25) is 0 Å². The van der Waals surface area contributed by atoms with Crippen molar-refractivity contribution in [3.05, 3.63) is 23.4 Å². The second-order valence-corrected chi connectivity index (χ2v) is 3.50.